The number of hydrogen-bond donors (Lipinski definition) is 1. The van der Waals surface area contributed by atoms with Gasteiger partial charge in [-0.25, -0.2) is 4.98 Å². The minimum atomic E-state index is -0.0706. The van der Waals surface area contributed by atoms with Crippen LogP contribution in [-0.2, 0) is 4.79 Å². The molecular weight excluding hydrogens is 292 g/mol. The second-order valence-electron chi connectivity index (χ2n) is 5.54. The van der Waals surface area contributed by atoms with Gasteiger partial charge in [0.1, 0.15) is 0 Å². The molecular formula is C17H20N4O2. The maximum absolute atomic E-state index is 12.5. The zero-order valence-electron chi connectivity index (χ0n) is 13.1. The summed E-state index contributed by atoms with van der Waals surface area (Å²) >= 11 is 0. The fourth-order valence-corrected chi connectivity index (χ4v) is 2.74. The lowest BCUT2D eigenvalue weighted by Gasteiger charge is -2.32. The molecule has 1 saturated heterocycles. The molecule has 2 heterocycles. The Hall–Kier alpha value is -2.63. The summed E-state index contributed by atoms with van der Waals surface area (Å²) in [6, 6.07) is 11.2. The molecule has 6 heteroatoms. The molecule has 3 rings (SSSR count). The second kappa shape index (κ2) is 7.09. The number of carbonyl (C=O) groups is 1. The zero-order chi connectivity index (χ0) is 16.1. The van der Waals surface area contributed by atoms with Gasteiger partial charge < -0.3 is 15.0 Å². The van der Waals surface area contributed by atoms with Gasteiger partial charge in [0.25, 0.3) is 0 Å². The molecule has 0 aliphatic carbocycles. The Morgan fingerprint density at radius 3 is 2.91 bits per heavy atom. The van der Waals surface area contributed by atoms with Crippen molar-refractivity contribution < 1.29 is 9.53 Å². The highest BCUT2D eigenvalue weighted by Crippen LogP contribution is 2.22. The summed E-state index contributed by atoms with van der Waals surface area (Å²) in [6.45, 7) is 1.47. The van der Waals surface area contributed by atoms with Crippen LogP contribution in [0.4, 0.5) is 11.6 Å². The number of rotatable bonds is 4. The lowest BCUT2D eigenvalue weighted by molar-refractivity contribution is -0.120. The van der Waals surface area contributed by atoms with Crippen molar-refractivity contribution in [3.05, 3.63) is 42.6 Å². The Morgan fingerprint density at radius 2 is 2.13 bits per heavy atom. The number of ether oxygens (including phenoxy) is 1. The highest BCUT2D eigenvalue weighted by Gasteiger charge is 2.27. The summed E-state index contributed by atoms with van der Waals surface area (Å²) in [6.07, 6.45) is 3.49. The number of amides is 1. The summed E-state index contributed by atoms with van der Waals surface area (Å²) in [4.78, 5) is 23.2. The van der Waals surface area contributed by atoms with Gasteiger partial charge in [-0.15, -0.1) is 0 Å². The van der Waals surface area contributed by atoms with Gasteiger partial charge in [-0.3, -0.25) is 4.79 Å². The molecule has 1 fully saturated rings. The molecule has 1 amide bonds. The molecule has 1 aromatic carbocycles. The van der Waals surface area contributed by atoms with Crippen LogP contribution >= 0.6 is 0 Å². The van der Waals surface area contributed by atoms with E-state index < -0.39 is 0 Å². The lowest BCUT2D eigenvalue weighted by Crippen LogP contribution is -2.41. The first-order valence-electron chi connectivity index (χ1n) is 7.74. The summed E-state index contributed by atoms with van der Waals surface area (Å²) in [7, 11) is 1.58. The minimum Gasteiger partial charge on any atom is -0.481 e. The predicted octanol–water partition coefficient (Wildman–Crippen LogP) is 2.34. The minimum absolute atomic E-state index is 0.0452. The summed E-state index contributed by atoms with van der Waals surface area (Å²) in [5.74, 6) is 1.12. The van der Waals surface area contributed by atoms with Crippen LogP contribution in [0.2, 0.25) is 0 Å². The number of anilines is 2. The first kappa shape index (κ1) is 15.3. The quantitative estimate of drug-likeness (QED) is 0.938. The maximum Gasteiger partial charge on any atom is 0.229 e. The van der Waals surface area contributed by atoms with Crippen molar-refractivity contribution in [3.8, 4) is 5.88 Å². The average molecular weight is 312 g/mol. The third-order valence-corrected chi connectivity index (χ3v) is 3.94. The molecule has 0 saturated carbocycles. The Kier molecular flexibility index (Phi) is 4.71. The first-order chi connectivity index (χ1) is 11.3. The van der Waals surface area contributed by atoms with Crippen molar-refractivity contribution in [3.63, 3.8) is 0 Å². The monoisotopic (exact) mass is 312 g/mol. The first-order valence-corrected chi connectivity index (χ1v) is 7.74. The summed E-state index contributed by atoms with van der Waals surface area (Å²) < 4.78 is 5.14. The van der Waals surface area contributed by atoms with Crippen molar-refractivity contribution in [1.82, 2.24) is 9.97 Å². The third-order valence-electron chi connectivity index (χ3n) is 3.94. The highest BCUT2D eigenvalue weighted by atomic mass is 16.5. The standard InChI is InChI=1S/C17H20N4O2/c1-23-15-9-10-18-17(20-15)21-11-5-6-13(12-21)16(22)19-14-7-3-2-4-8-14/h2-4,7-10,13H,5-6,11-12H2,1H3,(H,19,22). The van der Waals surface area contributed by atoms with Crippen LogP contribution in [0, 0.1) is 5.92 Å². The largest absolute Gasteiger partial charge is 0.481 e. The van der Waals surface area contributed by atoms with Crippen molar-refractivity contribution >= 4 is 17.5 Å². The summed E-state index contributed by atoms with van der Waals surface area (Å²) in [5.41, 5.74) is 0.826. The zero-order valence-corrected chi connectivity index (χ0v) is 13.1. The Bertz CT molecular complexity index is 663. The number of piperidine rings is 1. The van der Waals surface area contributed by atoms with E-state index in [0.29, 0.717) is 18.4 Å². The Morgan fingerprint density at radius 1 is 1.30 bits per heavy atom. The number of nitrogens with one attached hydrogen (secondary N) is 1. The van der Waals surface area contributed by atoms with Gasteiger partial charge in [-0.2, -0.15) is 4.98 Å². The number of para-hydroxylation sites is 1. The molecule has 0 radical (unpaired) electrons. The van der Waals surface area contributed by atoms with Crippen molar-refractivity contribution in [1.29, 1.82) is 0 Å². The molecule has 1 aliphatic rings. The van der Waals surface area contributed by atoms with Crippen LogP contribution in [0.5, 0.6) is 5.88 Å². The van der Waals surface area contributed by atoms with E-state index in [0.717, 1.165) is 25.1 Å². The SMILES string of the molecule is COc1ccnc(N2CCCC(C(=O)Nc3ccccc3)C2)n1. The van der Waals surface area contributed by atoms with Crippen LogP contribution in [0.15, 0.2) is 42.6 Å². The average Bonchev–Trinajstić information content (AvgIpc) is 2.63. The lowest BCUT2D eigenvalue weighted by atomic mass is 9.97. The van der Waals surface area contributed by atoms with Crippen molar-refractivity contribution in [2.45, 2.75) is 12.8 Å². The Labute approximate surface area is 135 Å². The van der Waals surface area contributed by atoms with Crippen LogP contribution in [0.25, 0.3) is 0 Å². The smallest absolute Gasteiger partial charge is 0.229 e. The van der Waals surface area contributed by atoms with E-state index in [1.807, 2.05) is 35.2 Å². The number of hydrogen-bond acceptors (Lipinski definition) is 5. The van der Waals surface area contributed by atoms with E-state index in [2.05, 4.69) is 15.3 Å². The fraction of sp³-hybridized carbons (Fsp3) is 0.353. The molecule has 1 unspecified atom stereocenters. The van der Waals surface area contributed by atoms with E-state index in [-0.39, 0.29) is 11.8 Å². The molecule has 0 spiro atoms. The molecule has 23 heavy (non-hydrogen) atoms. The third kappa shape index (κ3) is 3.77. The van der Waals surface area contributed by atoms with Crippen LogP contribution < -0.4 is 15.0 Å². The molecule has 6 nitrogen and oxygen atoms in total. The predicted molar refractivity (Wildman–Crippen MR) is 88.6 cm³/mol. The molecule has 1 N–H and O–H groups in total. The number of methoxy groups -OCH3 is 1. The number of nitrogens with zero attached hydrogens (tertiary/aromatic N) is 3. The van der Waals surface area contributed by atoms with E-state index >= 15 is 0 Å². The van der Waals surface area contributed by atoms with Crippen LogP contribution in [0.1, 0.15) is 12.8 Å². The number of carbonyl (C=O) groups excluding carboxylic acids is 1. The van der Waals surface area contributed by atoms with Gasteiger partial charge in [0.05, 0.1) is 13.0 Å². The van der Waals surface area contributed by atoms with Gasteiger partial charge in [-0.1, -0.05) is 18.2 Å². The molecule has 1 aliphatic heterocycles. The molecule has 1 atom stereocenters. The van der Waals surface area contributed by atoms with Crippen LogP contribution in [-0.4, -0.2) is 36.1 Å². The normalized spacial score (nSPS) is 17.6. The topological polar surface area (TPSA) is 67.3 Å². The summed E-state index contributed by atoms with van der Waals surface area (Å²) in [5, 5.41) is 2.98. The van der Waals surface area contributed by atoms with Gasteiger partial charge in [0, 0.05) is 31.0 Å². The van der Waals surface area contributed by atoms with Gasteiger partial charge >= 0.3 is 0 Å². The molecule has 0 bridgehead atoms. The molecule has 2 aromatic rings. The highest BCUT2D eigenvalue weighted by molar-refractivity contribution is 5.93. The van der Waals surface area contributed by atoms with E-state index in [4.69, 9.17) is 4.74 Å². The van der Waals surface area contributed by atoms with Gasteiger partial charge in [0.15, 0.2) is 0 Å². The van der Waals surface area contributed by atoms with Gasteiger partial charge in [-0.05, 0) is 25.0 Å². The van der Waals surface area contributed by atoms with E-state index in [1.165, 1.54) is 0 Å². The maximum atomic E-state index is 12.5. The Balaban J connectivity index is 1.66. The second-order valence-corrected chi connectivity index (χ2v) is 5.54. The van der Waals surface area contributed by atoms with Gasteiger partial charge in [0.2, 0.25) is 17.7 Å². The van der Waals surface area contributed by atoms with Crippen LogP contribution in [0.3, 0.4) is 0 Å². The van der Waals surface area contributed by atoms with Crippen molar-refractivity contribution in [2.75, 3.05) is 30.4 Å². The van der Waals surface area contributed by atoms with E-state index in [9.17, 15) is 4.79 Å². The molecule has 1 aromatic heterocycles. The molecule has 120 valence electrons. The number of aromatic nitrogens is 2. The number of benzene rings is 1. The van der Waals surface area contributed by atoms with Crippen molar-refractivity contribution in [2.24, 2.45) is 5.92 Å². The van der Waals surface area contributed by atoms with E-state index in [1.54, 1.807) is 19.4 Å². The fourth-order valence-electron chi connectivity index (χ4n) is 2.74.